The summed E-state index contributed by atoms with van der Waals surface area (Å²) in [6, 6.07) is 39.2. The molecule has 7 heteroatoms. The predicted molar refractivity (Wildman–Crippen MR) is 182 cm³/mol. The number of carbonyl (C=O) groups excluding carboxylic acids is 1. The highest BCUT2D eigenvalue weighted by Gasteiger charge is 2.41. The minimum absolute atomic E-state index is 0.376. The lowest BCUT2D eigenvalue weighted by atomic mass is 9.99. The Bertz CT molecular complexity index is 1900. The molecular formula is C41H36N2O5-2. The molecule has 4 aromatic carbocycles. The van der Waals surface area contributed by atoms with Crippen LogP contribution in [0.4, 0.5) is 0 Å². The molecule has 0 radical (unpaired) electrons. The van der Waals surface area contributed by atoms with Crippen LogP contribution in [0.15, 0.2) is 145 Å². The number of benzene rings is 4. The molecule has 0 spiro atoms. The third-order valence-electron chi connectivity index (χ3n) is 9.06. The quantitative estimate of drug-likeness (QED) is 0.245. The zero-order valence-corrected chi connectivity index (χ0v) is 26.9. The molecule has 7 nitrogen and oxygen atoms in total. The van der Waals surface area contributed by atoms with Crippen LogP contribution in [0.25, 0.3) is 22.9 Å². The second-order valence-electron chi connectivity index (χ2n) is 11.9. The number of carbonyl (C=O) groups is 1. The molecule has 48 heavy (non-hydrogen) atoms. The maximum absolute atomic E-state index is 14.1. The monoisotopic (exact) mass is 636 g/mol. The minimum Gasteiger partial charge on any atom is -0.851 e. The number of ether oxygens (including phenoxy) is 2. The maximum Gasteiger partial charge on any atom is 0.197 e. The molecule has 0 amide bonds. The third kappa shape index (κ3) is 5.61. The molecule has 4 aromatic rings. The van der Waals surface area contributed by atoms with Gasteiger partial charge in [0.25, 0.3) is 0 Å². The van der Waals surface area contributed by atoms with Crippen LogP contribution in [-0.4, -0.2) is 40.9 Å². The van der Waals surface area contributed by atoms with Gasteiger partial charge in [-0.05, 0) is 31.9 Å². The van der Waals surface area contributed by atoms with E-state index >= 15 is 0 Å². The second-order valence-corrected chi connectivity index (χ2v) is 11.9. The molecule has 4 unspecified atom stereocenters. The maximum atomic E-state index is 14.1. The van der Waals surface area contributed by atoms with Gasteiger partial charge in [0.2, 0.25) is 0 Å². The van der Waals surface area contributed by atoms with Gasteiger partial charge in [-0.3, -0.25) is 0 Å². The third-order valence-corrected chi connectivity index (χ3v) is 9.06. The van der Waals surface area contributed by atoms with Crippen molar-refractivity contribution in [2.45, 2.75) is 26.1 Å². The van der Waals surface area contributed by atoms with Crippen LogP contribution >= 0.6 is 0 Å². The van der Waals surface area contributed by atoms with Crippen LogP contribution in [0.2, 0.25) is 0 Å². The van der Waals surface area contributed by atoms with E-state index in [9.17, 15) is 15.0 Å². The first-order valence-corrected chi connectivity index (χ1v) is 16.4. The van der Waals surface area contributed by atoms with Crippen molar-refractivity contribution in [1.29, 1.82) is 0 Å². The minimum atomic E-state index is -1.74. The molecule has 0 saturated heterocycles. The number of Topliss-reactive ketones (excluding diaryl/α,β-unsaturated/α-hetero) is 1. The lowest BCUT2D eigenvalue weighted by Crippen LogP contribution is -2.40. The summed E-state index contributed by atoms with van der Waals surface area (Å²) < 4.78 is 12.9. The topological polar surface area (TPSA) is 88.1 Å². The van der Waals surface area contributed by atoms with Crippen molar-refractivity contribution < 1.29 is 24.5 Å². The Balaban J connectivity index is 1.23. The Morgan fingerprint density at radius 3 is 1.35 bits per heavy atom. The van der Waals surface area contributed by atoms with E-state index in [0.29, 0.717) is 36.4 Å². The van der Waals surface area contributed by atoms with Crippen molar-refractivity contribution in [3.05, 3.63) is 167 Å². The van der Waals surface area contributed by atoms with E-state index in [2.05, 4.69) is 0 Å². The van der Waals surface area contributed by atoms with Gasteiger partial charge in [0.1, 0.15) is 5.78 Å². The van der Waals surface area contributed by atoms with Gasteiger partial charge < -0.3 is 34.3 Å². The summed E-state index contributed by atoms with van der Waals surface area (Å²) in [6.07, 6.45) is -0.130. The fourth-order valence-corrected chi connectivity index (χ4v) is 6.72. The molecule has 1 saturated carbocycles. The zero-order valence-electron chi connectivity index (χ0n) is 26.9. The van der Waals surface area contributed by atoms with Crippen LogP contribution in [0, 0.1) is 11.8 Å². The predicted octanol–water partition coefficient (Wildman–Crippen LogP) is 5.70. The molecule has 1 fully saturated rings. The van der Waals surface area contributed by atoms with Crippen molar-refractivity contribution >= 4 is 28.7 Å². The van der Waals surface area contributed by atoms with Gasteiger partial charge in [-0.1, -0.05) is 127 Å². The van der Waals surface area contributed by atoms with E-state index in [1.165, 1.54) is 0 Å². The summed E-state index contributed by atoms with van der Waals surface area (Å²) in [4.78, 5) is 17.5. The average Bonchev–Trinajstić information content (AvgIpc) is 3.76. The first-order chi connectivity index (χ1) is 23.5. The fraction of sp³-hybridized carbons (Fsp3) is 0.195. The average molecular weight is 637 g/mol. The highest BCUT2D eigenvalue weighted by molar-refractivity contribution is 5.93. The standard InChI is InChI=1S/C41H36N2O5/c1-3-42-33(47-40(29-21-13-7-14-22-29)35(42)27-17-9-5-10-18-27)25-31-37(44)32(39(46)38(31)45)26-34-43(4-2)36(28-19-11-6-12-20-28)41(48-34)30-23-15-8-16-24-30/h5-26,31-32,37-38H,3-4H2,1-2H3/q-2/b33-25+,34-26+. The van der Waals surface area contributed by atoms with Gasteiger partial charge in [-0.25, -0.2) is 0 Å². The molecule has 4 atom stereocenters. The van der Waals surface area contributed by atoms with Gasteiger partial charge in [0.05, 0.1) is 11.4 Å². The molecule has 2 aliphatic heterocycles. The van der Waals surface area contributed by atoms with Gasteiger partial charge in [0, 0.05) is 41.3 Å². The molecule has 0 N–H and O–H groups in total. The van der Waals surface area contributed by atoms with Crippen molar-refractivity contribution in [3.8, 4) is 0 Å². The van der Waals surface area contributed by atoms with E-state index in [4.69, 9.17) is 9.47 Å². The molecule has 0 aromatic heterocycles. The summed E-state index contributed by atoms with van der Waals surface area (Å²) in [6.45, 7) is 5.04. The zero-order chi connectivity index (χ0) is 33.2. The summed E-state index contributed by atoms with van der Waals surface area (Å²) in [5.41, 5.74) is 5.30. The fourth-order valence-electron chi connectivity index (χ4n) is 6.72. The first kappa shape index (κ1) is 31.2. The van der Waals surface area contributed by atoms with E-state index in [0.717, 1.165) is 33.6 Å². The van der Waals surface area contributed by atoms with Crippen LogP contribution in [0.3, 0.4) is 0 Å². The van der Waals surface area contributed by atoms with Gasteiger partial charge in [-0.15, -0.1) is 6.10 Å². The van der Waals surface area contributed by atoms with Crippen LogP contribution in [-0.2, 0) is 14.3 Å². The van der Waals surface area contributed by atoms with Crippen molar-refractivity contribution in [3.63, 3.8) is 0 Å². The Morgan fingerprint density at radius 2 is 0.958 bits per heavy atom. The molecule has 3 aliphatic rings. The van der Waals surface area contributed by atoms with E-state index < -0.39 is 29.8 Å². The molecule has 1 aliphatic carbocycles. The lowest BCUT2D eigenvalue weighted by Gasteiger charge is -2.31. The first-order valence-electron chi connectivity index (χ1n) is 16.4. The summed E-state index contributed by atoms with van der Waals surface area (Å²) >= 11 is 0. The van der Waals surface area contributed by atoms with Crippen molar-refractivity contribution in [1.82, 2.24) is 9.80 Å². The Morgan fingerprint density at radius 1 is 0.583 bits per heavy atom. The molecule has 0 bridgehead atoms. The molecule has 2 heterocycles. The van der Waals surface area contributed by atoms with Crippen molar-refractivity contribution in [2.24, 2.45) is 11.8 Å². The Kier molecular flexibility index (Phi) is 8.72. The van der Waals surface area contributed by atoms with E-state index in [-0.39, 0.29) is 0 Å². The summed E-state index contributed by atoms with van der Waals surface area (Å²) in [5.74, 6) is -0.908. The number of ketones is 1. The van der Waals surface area contributed by atoms with E-state index in [1.54, 1.807) is 12.2 Å². The van der Waals surface area contributed by atoms with Gasteiger partial charge in [-0.2, -0.15) is 0 Å². The smallest absolute Gasteiger partial charge is 0.197 e. The Labute approximate surface area is 281 Å². The van der Waals surface area contributed by atoms with Gasteiger partial charge in [0.15, 0.2) is 23.3 Å². The van der Waals surface area contributed by atoms with Gasteiger partial charge >= 0.3 is 0 Å². The largest absolute Gasteiger partial charge is 0.851 e. The number of rotatable bonds is 8. The second kappa shape index (κ2) is 13.4. The van der Waals surface area contributed by atoms with Crippen LogP contribution < -0.4 is 10.2 Å². The highest BCUT2D eigenvalue weighted by atomic mass is 16.5. The molecule has 7 rings (SSSR count). The normalized spacial score (nSPS) is 24.2. The van der Waals surface area contributed by atoms with E-state index in [1.807, 2.05) is 145 Å². The number of hydrogen-bond donors (Lipinski definition) is 0. The molecule has 242 valence electrons. The summed E-state index contributed by atoms with van der Waals surface area (Å²) in [5, 5.41) is 27.7. The summed E-state index contributed by atoms with van der Waals surface area (Å²) in [7, 11) is 0. The lowest BCUT2D eigenvalue weighted by molar-refractivity contribution is -0.458. The van der Waals surface area contributed by atoms with Crippen molar-refractivity contribution in [2.75, 3.05) is 13.1 Å². The number of nitrogens with zero attached hydrogens (tertiary/aromatic N) is 2. The Hall–Kier alpha value is -5.37. The van der Waals surface area contributed by atoms with Crippen LogP contribution in [0.5, 0.6) is 0 Å². The molecular weight excluding hydrogens is 600 g/mol. The van der Waals surface area contributed by atoms with Crippen LogP contribution in [0.1, 0.15) is 36.1 Å². The highest BCUT2D eigenvalue weighted by Crippen LogP contribution is 2.44. The SMILES string of the molecule is CCN1C(c2ccccc2)=C(c2ccccc2)O/C1=C/C1C(=O)C([O-])C(/C=C2/OC(c3ccccc3)=C(c3ccccc3)N2CC)C1[O-]. The number of hydrogen-bond acceptors (Lipinski definition) is 7.